The Balaban J connectivity index is 3.21. The Morgan fingerprint density at radius 2 is 2.21 bits per heavy atom. The quantitative estimate of drug-likeness (QED) is 0.543. The minimum absolute atomic E-state index is 0.134. The highest BCUT2D eigenvalue weighted by molar-refractivity contribution is 7.19. The van der Waals surface area contributed by atoms with Gasteiger partial charge >= 0.3 is 5.97 Å². The summed E-state index contributed by atoms with van der Waals surface area (Å²) in [5.74, 6) is -0.877. The lowest BCUT2D eigenvalue weighted by Crippen LogP contribution is -2.20. The number of nitrogen functional groups attached to an aromatic ring is 1. The van der Waals surface area contributed by atoms with E-state index in [2.05, 4.69) is 17.2 Å². The zero-order chi connectivity index (χ0) is 14.4. The average Bonchev–Trinajstić information content (AvgIpc) is 2.73. The van der Waals surface area contributed by atoms with Gasteiger partial charge in [-0.05, 0) is 6.92 Å². The van der Waals surface area contributed by atoms with Crippen LogP contribution in [0.25, 0.3) is 0 Å². The molecule has 1 heterocycles. The van der Waals surface area contributed by atoms with Crippen LogP contribution in [-0.4, -0.2) is 32.1 Å². The number of carbonyl (C=O) groups excluding carboxylic acids is 2. The fraction of sp³-hybridized carbons (Fsp3) is 0.333. The molecule has 0 saturated heterocycles. The van der Waals surface area contributed by atoms with E-state index in [0.29, 0.717) is 11.5 Å². The van der Waals surface area contributed by atoms with E-state index in [0.717, 1.165) is 11.3 Å². The molecule has 6 nitrogen and oxygen atoms in total. The van der Waals surface area contributed by atoms with E-state index in [1.165, 1.54) is 7.05 Å². The number of thiophene rings is 1. The molecule has 19 heavy (non-hydrogen) atoms. The second-order valence-electron chi connectivity index (χ2n) is 3.52. The molecule has 1 aromatic heterocycles. The zero-order valence-corrected chi connectivity index (χ0v) is 11.7. The highest BCUT2D eigenvalue weighted by Gasteiger charge is 2.25. The van der Waals surface area contributed by atoms with Crippen molar-refractivity contribution in [3.05, 3.63) is 23.1 Å². The second-order valence-corrected chi connectivity index (χ2v) is 4.54. The molecule has 0 radical (unpaired) electrons. The highest BCUT2D eigenvalue weighted by atomic mass is 32.1. The van der Waals surface area contributed by atoms with Crippen LogP contribution in [0.1, 0.15) is 27.0 Å². The molecule has 1 rings (SSSR count). The largest absolute Gasteiger partial charge is 0.462 e. The molecule has 4 N–H and O–H groups in total. The maximum atomic E-state index is 11.8. The van der Waals surface area contributed by atoms with Crippen LogP contribution in [0, 0.1) is 0 Å². The Morgan fingerprint density at radius 3 is 2.74 bits per heavy atom. The van der Waals surface area contributed by atoms with Crippen molar-refractivity contribution < 1.29 is 14.3 Å². The summed E-state index contributed by atoms with van der Waals surface area (Å²) >= 11 is 1.10. The number of rotatable bonds is 6. The molecule has 0 unspecified atom stereocenters. The van der Waals surface area contributed by atoms with Gasteiger partial charge in [0.25, 0.3) is 5.91 Å². The number of esters is 1. The van der Waals surface area contributed by atoms with Gasteiger partial charge in [-0.1, -0.05) is 6.08 Å². The number of amides is 1. The number of nitrogens with one attached hydrogen (secondary N) is 2. The molecule has 0 spiro atoms. The maximum absolute atomic E-state index is 11.8. The third kappa shape index (κ3) is 3.25. The standard InChI is InChI=1S/C12H17N3O3S/c1-4-6-15-11-7(10(16)14-3)8(13)9(19-11)12(17)18-5-2/h4,15H,1,5-6,13H2,2-3H3,(H,14,16). The Morgan fingerprint density at radius 1 is 1.53 bits per heavy atom. The third-order valence-electron chi connectivity index (χ3n) is 2.27. The van der Waals surface area contributed by atoms with Gasteiger partial charge in [0.2, 0.25) is 0 Å². The third-order valence-corrected chi connectivity index (χ3v) is 3.41. The Labute approximate surface area is 115 Å². The molecule has 0 aliphatic rings. The van der Waals surface area contributed by atoms with Gasteiger partial charge in [0, 0.05) is 13.6 Å². The van der Waals surface area contributed by atoms with Crippen LogP contribution >= 0.6 is 11.3 Å². The maximum Gasteiger partial charge on any atom is 0.350 e. The van der Waals surface area contributed by atoms with Crippen LogP contribution in [0.5, 0.6) is 0 Å². The first-order chi connectivity index (χ1) is 9.06. The topological polar surface area (TPSA) is 93.4 Å². The fourth-order valence-corrected chi connectivity index (χ4v) is 2.45. The van der Waals surface area contributed by atoms with Gasteiger partial charge in [-0.3, -0.25) is 4.79 Å². The number of carbonyl (C=O) groups is 2. The van der Waals surface area contributed by atoms with Crippen molar-refractivity contribution in [2.24, 2.45) is 0 Å². The van der Waals surface area contributed by atoms with E-state index in [1.807, 2.05) is 0 Å². The molecule has 7 heteroatoms. The number of ether oxygens (including phenoxy) is 1. The van der Waals surface area contributed by atoms with Crippen LogP contribution in [0.15, 0.2) is 12.7 Å². The molecule has 0 aliphatic carbocycles. The van der Waals surface area contributed by atoms with Crippen LogP contribution in [0.2, 0.25) is 0 Å². The summed E-state index contributed by atoms with van der Waals surface area (Å²) in [5.41, 5.74) is 6.26. The first-order valence-electron chi connectivity index (χ1n) is 5.73. The van der Waals surface area contributed by atoms with Crippen LogP contribution in [0.3, 0.4) is 0 Å². The van der Waals surface area contributed by atoms with Crippen LogP contribution in [0.4, 0.5) is 10.7 Å². The lowest BCUT2D eigenvalue weighted by atomic mass is 10.2. The molecule has 1 aromatic rings. The summed E-state index contributed by atoms with van der Waals surface area (Å²) < 4.78 is 4.91. The summed E-state index contributed by atoms with van der Waals surface area (Å²) in [6, 6.07) is 0. The van der Waals surface area contributed by atoms with Gasteiger partial charge < -0.3 is 21.1 Å². The Hall–Kier alpha value is -2.02. The number of nitrogens with two attached hydrogens (primary N) is 1. The number of anilines is 2. The van der Waals surface area contributed by atoms with E-state index < -0.39 is 5.97 Å². The average molecular weight is 283 g/mol. The molecule has 0 bridgehead atoms. The molecular formula is C12H17N3O3S. The van der Waals surface area contributed by atoms with Crippen LogP contribution in [-0.2, 0) is 4.74 Å². The molecule has 0 atom stereocenters. The molecule has 0 aromatic carbocycles. The van der Waals surface area contributed by atoms with Gasteiger partial charge in [-0.2, -0.15) is 0 Å². The molecule has 104 valence electrons. The van der Waals surface area contributed by atoms with Crippen molar-refractivity contribution in [2.45, 2.75) is 6.92 Å². The molecular weight excluding hydrogens is 266 g/mol. The summed E-state index contributed by atoms with van der Waals surface area (Å²) in [6.07, 6.45) is 1.65. The van der Waals surface area contributed by atoms with Crippen molar-refractivity contribution in [1.82, 2.24) is 5.32 Å². The monoisotopic (exact) mass is 283 g/mol. The minimum atomic E-state index is -0.526. The van der Waals surface area contributed by atoms with Crippen molar-refractivity contribution >= 4 is 33.9 Å². The molecule has 0 aliphatic heterocycles. The fourth-order valence-electron chi connectivity index (χ4n) is 1.43. The Kier molecular flexibility index (Phi) is 5.37. The van der Waals surface area contributed by atoms with Gasteiger partial charge in [-0.25, -0.2) is 4.79 Å². The highest BCUT2D eigenvalue weighted by Crippen LogP contribution is 2.36. The van der Waals surface area contributed by atoms with E-state index in [9.17, 15) is 9.59 Å². The molecule has 0 saturated carbocycles. The van der Waals surface area contributed by atoms with Crippen LogP contribution < -0.4 is 16.4 Å². The summed E-state index contributed by atoms with van der Waals surface area (Å²) in [4.78, 5) is 23.8. The van der Waals surface area contributed by atoms with Gasteiger partial charge in [0.05, 0.1) is 17.9 Å². The minimum Gasteiger partial charge on any atom is -0.462 e. The van der Waals surface area contributed by atoms with Crippen molar-refractivity contribution in [3.63, 3.8) is 0 Å². The first-order valence-corrected chi connectivity index (χ1v) is 6.54. The van der Waals surface area contributed by atoms with E-state index >= 15 is 0 Å². The zero-order valence-electron chi connectivity index (χ0n) is 10.9. The summed E-state index contributed by atoms with van der Waals surface area (Å²) in [7, 11) is 1.50. The Bertz CT molecular complexity index is 497. The van der Waals surface area contributed by atoms with E-state index in [4.69, 9.17) is 10.5 Å². The molecule has 0 fully saturated rings. The number of hydrogen-bond acceptors (Lipinski definition) is 6. The van der Waals surface area contributed by atoms with Crippen molar-refractivity contribution in [3.8, 4) is 0 Å². The van der Waals surface area contributed by atoms with Crippen molar-refractivity contribution in [2.75, 3.05) is 31.2 Å². The number of hydrogen-bond donors (Lipinski definition) is 3. The predicted octanol–water partition coefficient (Wildman–Crippen LogP) is 1.46. The molecule has 1 amide bonds. The van der Waals surface area contributed by atoms with Crippen molar-refractivity contribution in [1.29, 1.82) is 0 Å². The lowest BCUT2D eigenvalue weighted by Gasteiger charge is -2.04. The normalized spacial score (nSPS) is 9.79. The van der Waals surface area contributed by atoms with Gasteiger partial charge in [0.1, 0.15) is 9.88 Å². The SMILES string of the molecule is C=CCNc1sc(C(=O)OCC)c(N)c1C(=O)NC. The van der Waals surface area contributed by atoms with Gasteiger partial charge in [-0.15, -0.1) is 17.9 Å². The smallest absolute Gasteiger partial charge is 0.350 e. The predicted molar refractivity (Wildman–Crippen MR) is 76.8 cm³/mol. The summed E-state index contributed by atoms with van der Waals surface area (Å²) in [6.45, 7) is 6.00. The second kappa shape index (κ2) is 6.79. The first kappa shape index (κ1) is 15.0. The lowest BCUT2D eigenvalue weighted by molar-refractivity contribution is 0.0533. The van der Waals surface area contributed by atoms with E-state index in [-0.39, 0.29) is 28.6 Å². The summed E-state index contributed by atoms with van der Waals surface area (Å²) in [5, 5.41) is 6.01. The van der Waals surface area contributed by atoms with E-state index in [1.54, 1.807) is 13.0 Å². The van der Waals surface area contributed by atoms with Gasteiger partial charge in [0.15, 0.2) is 0 Å².